The van der Waals surface area contributed by atoms with Gasteiger partial charge in [0.1, 0.15) is 5.82 Å². The average Bonchev–Trinajstić information content (AvgIpc) is 2.36. The van der Waals surface area contributed by atoms with E-state index in [1.807, 2.05) is 19.9 Å². The van der Waals surface area contributed by atoms with Crippen molar-refractivity contribution in [3.63, 3.8) is 0 Å². The van der Waals surface area contributed by atoms with Crippen molar-refractivity contribution < 1.29 is 9.18 Å². The quantitative estimate of drug-likeness (QED) is 0.812. The van der Waals surface area contributed by atoms with E-state index in [-0.39, 0.29) is 11.6 Å². The number of hydrogen-bond acceptors (Lipinski definition) is 2. The van der Waals surface area contributed by atoms with E-state index in [0.717, 1.165) is 11.1 Å². The molecule has 2 aromatic rings. The van der Waals surface area contributed by atoms with Crippen molar-refractivity contribution in [3.05, 3.63) is 58.9 Å². The first-order valence-corrected chi connectivity index (χ1v) is 5.91. The SMILES string of the molecule is Cc1cc(C)c(C(=O)Nc2ccccc2F)cc1N. The predicted molar refractivity (Wildman–Crippen MR) is 74.7 cm³/mol. The fraction of sp³-hybridized carbons (Fsp3) is 0.133. The maximum atomic E-state index is 13.5. The highest BCUT2D eigenvalue weighted by Crippen LogP contribution is 2.20. The second-order valence-corrected chi connectivity index (χ2v) is 4.46. The zero-order valence-corrected chi connectivity index (χ0v) is 10.8. The number of benzene rings is 2. The first kappa shape index (κ1) is 13.1. The standard InChI is InChI=1S/C15H15FN2O/c1-9-7-10(2)13(17)8-11(9)15(19)18-14-6-4-3-5-12(14)16/h3-8H,17H2,1-2H3,(H,18,19). The van der Waals surface area contributed by atoms with Gasteiger partial charge in [0.15, 0.2) is 0 Å². The van der Waals surface area contributed by atoms with Gasteiger partial charge in [-0.15, -0.1) is 0 Å². The summed E-state index contributed by atoms with van der Waals surface area (Å²) in [6.07, 6.45) is 0. The molecule has 98 valence electrons. The van der Waals surface area contributed by atoms with Crippen LogP contribution in [0, 0.1) is 19.7 Å². The van der Waals surface area contributed by atoms with E-state index in [4.69, 9.17) is 5.73 Å². The molecular weight excluding hydrogens is 243 g/mol. The third-order valence-electron chi connectivity index (χ3n) is 2.98. The normalized spacial score (nSPS) is 10.3. The molecular formula is C15H15FN2O. The van der Waals surface area contributed by atoms with Gasteiger partial charge >= 0.3 is 0 Å². The molecule has 0 fully saturated rings. The smallest absolute Gasteiger partial charge is 0.256 e. The van der Waals surface area contributed by atoms with Crippen LogP contribution in [0.1, 0.15) is 21.5 Å². The lowest BCUT2D eigenvalue weighted by Crippen LogP contribution is -2.15. The van der Waals surface area contributed by atoms with E-state index in [2.05, 4.69) is 5.32 Å². The van der Waals surface area contributed by atoms with Crippen LogP contribution in [0.5, 0.6) is 0 Å². The number of rotatable bonds is 2. The van der Waals surface area contributed by atoms with Gasteiger partial charge < -0.3 is 11.1 Å². The van der Waals surface area contributed by atoms with Gasteiger partial charge in [0.2, 0.25) is 0 Å². The third kappa shape index (κ3) is 2.73. The molecule has 0 aliphatic heterocycles. The molecule has 0 heterocycles. The molecule has 4 heteroatoms. The molecule has 0 aromatic heterocycles. The van der Waals surface area contributed by atoms with Gasteiger partial charge in [0.25, 0.3) is 5.91 Å². The highest BCUT2D eigenvalue weighted by Gasteiger charge is 2.12. The third-order valence-corrected chi connectivity index (χ3v) is 2.98. The molecule has 3 N–H and O–H groups in total. The molecule has 0 saturated heterocycles. The van der Waals surface area contributed by atoms with Crippen molar-refractivity contribution in [2.75, 3.05) is 11.1 Å². The Balaban J connectivity index is 2.31. The zero-order valence-electron chi connectivity index (χ0n) is 10.8. The predicted octanol–water partition coefficient (Wildman–Crippen LogP) is 3.28. The molecule has 0 spiro atoms. The molecule has 0 aliphatic rings. The van der Waals surface area contributed by atoms with Gasteiger partial charge in [-0.05, 0) is 43.2 Å². The van der Waals surface area contributed by atoms with Crippen LogP contribution in [0.3, 0.4) is 0 Å². The van der Waals surface area contributed by atoms with Crippen molar-refractivity contribution in [1.82, 2.24) is 0 Å². The number of nitrogens with one attached hydrogen (secondary N) is 1. The Morgan fingerprint density at radius 1 is 1.16 bits per heavy atom. The number of halogens is 1. The van der Waals surface area contributed by atoms with Gasteiger partial charge in [-0.2, -0.15) is 0 Å². The van der Waals surface area contributed by atoms with Gasteiger partial charge in [-0.3, -0.25) is 4.79 Å². The number of nitrogens with two attached hydrogens (primary N) is 1. The number of carbonyl (C=O) groups excluding carboxylic acids is 1. The molecule has 0 unspecified atom stereocenters. The van der Waals surface area contributed by atoms with Crippen LogP contribution >= 0.6 is 0 Å². The average molecular weight is 258 g/mol. The van der Waals surface area contributed by atoms with E-state index < -0.39 is 5.82 Å². The lowest BCUT2D eigenvalue weighted by molar-refractivity contribution is 0.102. The monoisotopic (exact) mass is 258 g/mol. The molecule has 0 atom stereocenters. The van der Waals surface area contributed by atoms with E-state index >= 15 is 0 Å². The summed E-state index contributed by atoms with van der Waals surface area (Å²) in [4.78, 5) is 12.1. The summed E-state index contributed by atoms with van der Waals surface area (Å²) < 4.78 is 13.5. The van der Waals surface area contributed by atoms with Gasteiger partial charge in [0, 0.05) is 11.3 Å². The van der Waals surface area contributed by atoms with Crippen LogP contribution in [0.4, 0.5) is 15.8 Å². The van der Waals surface area contributed by atoms with Crippen molar-refractivity contribution in [2.45, 2.75) is 13.8 Å². The van der Waals surface area contributed by atoms with E-state index in [1.54, 1.807) is 18.2 Å². The topological polar surface area (TPSA) is 55.1 Å². The Morgan fingerprint density at radius 3 is 2.53 bits per heavy atom. The number of aryl methyl sites for hydroxylation is 2. The number of anilines is 2. The Bertz CT molecular complexity index is 638. The second-order valence-electron chi connectivity index (χ2n) is 4.46. The summed E-state index contributed by atoms with van der Waals surface area (Å²) in [5.41, 5.74) is 8.67. The van der Waals surface area contributed by atoms with Crippen LogP contribution in [-0.4, -0.2) is 5.91 Å². The minimum Gasteiger partial charge on any atom is -0.398 e. The zero-order chi connectivity index (χ0) is 14.0. The minimum atomic E-state index is -0.464. The van der Waals surface area contributed by atoms with Crippen LogP contribution in [0.2, 0.25) is 0 Å². The van der Waals surface area contributed by atoms with Crippen molar-refractivity contribution in [3.8, 4) is 0 Å². The molecule has 2 rings (SSSR count). The summed E-state index contributed by atoms with van der Waals surface area (Å²) in [6, 6.07) is 9.49. The van der Waals surface area contributed by atoms with Crippen molar-refractivity contribution in [2.24, 2.45) is 0 Å². The number of hydrogen-bond donors (Lipinski definition) is 2. The molecule has 0 saturated carbocycles. The number of carbonyl (C=O) groups is 1. The first-order valence-electron chi connectivity index (χ1n) is 5.91. The molecule has 0 bridgehead atoms. The summed E-state index contributed by atoms with van der Waals surface area (Å²) in [6.45, 7) is 3.70. The first-order chi connectivity index (χ1) is 8.99. The Labute approximate surface area is 111 Å². The molecule has 2 aromatic carbocycles. The van der Waals surface area contributed by atoms with Crippen LogP contribution in [-0.2, 0) is 0 Å². The molecule has 0 radical (unpaired) electrons. The summed E-state index contributed by atoms with van der Waals surface area (Å²) in [5, 5.41) is 2.54. The van der Waals surface area contributed by atoms with Crippen LogP contribution in [0.25, 0.3) is 0 Å². The van der Waals surface area contributed by atoms with Gasteiger partial charge in [0.05, 0.1) is 5.69 Å². The van der Waals surface area contributed by atoms with Crippen LogP contribution < -0.4 is 11.1 Å². The number of nitrogen functional groups attached to an aromatic ring is 1. The highest BCUT2D eigenvalue weighted by molar-refractivity contribution is 6.06. The second kappa shape index (κ2) is 5.10. The van der Waals surface area contributed by atoms with Crippen LogP contribution in [0.15, 0.2) is 36.4 Å². The van der Waals surface area contributed by atoms with E-state index in [1.165, 1.54) is 12.1 Å². The summed E-state index contributed by atoms with van der Waals surface area (Å²) >= 11 is 0. The van der Waals surface area contributed by atoms with E-state index in [0.29, 0.717) is 11.3 Å². The minimum absolute atomic E-state index is 0.158. The lowest BCUT2D eigenvalue weighted by Gasteiger charge is -2.10. The van der Waals surface area contributed by atoms with Gasteiger partial charge in [-0.25, -0.2) is 4.39 Å². The Hall–Kier alpha value is -2.36. The molecule has 1 amide bonds. The fourth-order valence-corrected chi connectivity index (χ4v) is 1.87. The molecule has 0 aliphatic carbocycles. The largest absolute Gasteiger partial charge is 0.398 e. The molecule has 3 nitrogen and oxygen atoms in total. The lowest BCUT2D eigenvalue weighted by atomic mass is 10.0. The fourth-order valence-electron chi connectivity index (χ4n) is 1.87. The maximum Gasteiger partial charge on any atom is 0.256 e. The Kier molecular flexibility index (Phi) is 3.51. The van der Waals surface area contributed by atoms with Crippen molar-refractivity contribution >= 4 is 17.3 Å². The number of para-hydroxylation sites is 1. The number of amides is 1. The Morgan fingerprint density at radius 2 is 1.84 bits per heavy atom. The summed E-state index contributed by atoms with van der Waals surface area (Å²) in [7, 11) is 0. The van der Waals surface area contributed by atoms with E-state index in [9.17, 15) is 9.18 Å². The molecule has 19 heavy (non-hydrogen) atoms. The van der Waals surface area contributed by atoms with Gasteiger partial charge in [-0.1, -0.05) is 18.2 Å². The highest BCUT2D eigenvalue weighted by atomic mass is 19.1. The maximum absolute atomic E-state index is 13.5. The van der Waals surface area contributed by atoms with Crippen molar-refractivity contribution in [1.29, 1.82) is 0 Å². The summed E-state index contributed by atoms with van der Waals surface area (Å²) in [5.74, 6) is -0.831.